The van der Waals surface area contributed by atoms with Crippen molar-refractivity contribution in [1.82, 2.24) is 0 Å². The van der Waals surface area contributed by atoms with Crippen molar-refractivity contribution in [3.63, 3.8) is 0 Å². The zero-order chi connectivity index (χ0) is 49.5. The van der Waals surface area contributed by atoms with E-state index >= 15 is 0 Å². The van der Waals surface area contributed by atoms with E-state index in [1.54, 1.807) is 0 Å². The average Bonchev–Trinajstić information content (AvgIpc) is 4.10. The lowest BCUT2D eigenvalue weighted by Crippen LogP contribution is -2.25. The molecule has 0 saturated carbocycles. The first-order chi connectivity index (χ1) is 36.2. The molecule has 0 bridgehead atoms. The minimum atomic E-state index is -0.387. The Balaban J connectivity index is 0.866. The molecule has 0 radical (unpaired) electrons. The van der Waals surface area contributed by atoms with Gasteiger partial charge in [0.05, 0.1) is 5.41 Å². The fourth-order valence-corrected chi connectivity index (χ4v) is 14.1. The molecule has 11 aromatic carbocycles. The Morgan fingerprint density at radius 1 is 0.230 bits per heavy atom. The predicted molar refractivity (Wildman–Crippen MR) is 309 cm³/mol. The molecule has 350 valence electrons. The van der Waals surface area contributed by atoms with E-state index in [1.165, 1.54) is 122 Å². The lowest BCUT2D eigenvalue weighted by Gasteiger charge is -2.30. The van der Waals surface area contributed by atoms with Gasteiger partial charge in [0, 0.05) is 27.9 Å². The van der Waals surface area contributed by atoms with Gasteiger partial charge in [-0.2, -0.15) is 0 Å². The fraction of sp³-hybridized carbons (Fsp3) is 0.0959. The Labute approximate surface area is 434 Å². The molecule has 11 aromatic rings. The number of anilines is 3. The molecule has 4 aliphatic rings. The molecule has 0 heterocycles. The summed E-state index contributed by atoms with van der Waals surface area (Å²) in [5.74, 6) is 0. The molecule has 1 heteroatoms. The summed E-state index contributed by atoms with van der Waals surface area (Å²) >= 11 is 0. The van der Waals surface area contributed by atoms with Crippen molar-refractivity contribution in [3.05, 3.63) is 293 Å². The number of hydrogen-bond donors (Lipinski definition) is 0. The Hall–Kier alpha value is -8.78. The van der Waals surface area contributed by atoms with Gasteiger partial charge < -0.3 is 4.90 Å². The molecule has 1 nitrogen and oxygen atoms in total. The van der Waals surface area contributed by atoms with Gasteiger partial charge in [0.1, 0.15) is 0 Å². The summed E-state index contributed by atoms with van der Waals surface area (Å²) in [6, 6.07) is 93.7. The quantitative estimate of drug-likeness (QED) is 0.161. The highest BCUT2D eigenvalue weighted by Gasteiger charge is 2.52. The largest absolute Gasteiger partial charge is 0.310 e. The summed E-state index contributed by atoms with van der Waals surface area (Å²) in [4.78, 5) is 2.46. The van der Waals surface area contributed by atoms with E-state index in [9.17, 15) is 0 Å². The SMILES string of the molecule is CC1(C)c2cc(-c3ccccc3)ccc2-c2ccc(N(c3ccc(-c4cccc5c4-c4ccccc4C5(C)C)cc3)c3ccc(-c4cccc5c4-c4ccccc4C54c5ccccc5-c5ccccc54)cc3)cc21. The van der Waals surface area contributed by atoms with E-state index in [0.29, 0.717) is 0 Å². The van der Waals surface area contributed by atoms with Crippen LogP contribution in [0.25, 0.3) is 77.9 Å². The molecule has 0 aliphatic heterocycles. The maximum Gasteiger partial charge on any atom is 0.0725 e. The van der Waals surface area contributed by atoms with Gasteiger partial charge in [-0.1, -0.05) is 234 Å². The van der Waals surface area contributed by atoms with Gasteiger partial charge in [0.25, 0.3) is 0 Å². The van der Waals surface area contributed by atoms with Crippen molar-refractivity contribution < 1.29 is 0 Å². The topological polar surface area (TPSA) is 3.24 Å². The standard InChI is InChI=1S/C73H53N/c1-71(2)61-26-12-10-22-59(61)69-53(24-16-30-65(69)71)47-32-37-50(38-33-47)74(52-41-43-58-57-42-36-49(46-18-6-5-7-19-46)44-67(57)72(3,4)68(58)45-52)51-39-34-48(35-40-51)54-25-17-31-66-70(54)60-23-11-15-29-64(60)73(66)62-27-13-8-20-55(62)56-21-9-14-28-63(56)73/h5-45H,1-4H3. The second-order valence-electron chi connectivity index (χ2n) is 21.9. The molecule has 0 aromatic heterocycles. The highest BCUT2D eigenvalue weighted by Crippen LogP contribution is 2.64. The molecular weight excluding hydrogens is 891 g/mol. The molecule has 74 heavy (non-hydrogen) atoms. The van der Waals surface area contributed by atoms with E-state index in [-0.39, 0.29) is 16.2 Å². The predicted octanol–water partition coefficient (Wildman–Crippen LogP) is 19.1. The van der Waals surface area contributed by atoms with Gasteiger partial charge in [0.2, 0.25) is 0 Å². The van der Waals surface area contributed by atoms with E-state index < -0.39 is 0 Å². The summed E-state index contributed by atoms with van der Waals surface area (Å²) in [6.45, 7) is 9.51. The van der Waals surface area contributed by atoms with Gasteiger partial charge in [-0.3, -0.25) is 0 Å². The van der Waals surface area contributed by atoms with Crippen LogP contribution in [0.1, 0.15) is 72.2 Å². The Kier molecular flexibility index (Phi) is 9.04. The third-order valence-electron chi connectivity index (χ3n) is 17.5. The summed E-state index contributed by atoms with van der Waals surface area (Å²) in [6.07, 6.45) is 0. The van der Waals surface area contributed by atoms with Crippen molar-refractivity contribution in [2.45, 2.75) is 43.9 Å². The molecule has 0 saturated heterocycles. The van der Waals surface area contributed by atoms with Crippen LogP contribution in [-0.2, 0) is 16.2 Å². The third-order valence-corrected chi connectivity index (χ3v) is 17.5. The van der Waals surface area contributed by atoms with Gasteiger partial charge in [-0.05, 0) is 165 Å². The summed E-state index contributed by atoms with van der Waals surface area (Å²) in [5, 5.41) is 0. The Bertz CT molecular complexity index is 4070. The highest BCUT2D eigenvalue weighted by atomic mass is 15.1. The second kappa shape index (κ2) is 15.6. The monoisotopic (exact) mass is 943 g/mol. The summed E-state index contributed by atoms with van der Waals surface area (Å²) < 4.78 is 0. The van der Waals surface area contributed by atoms with Gasteiger partial charge in [-0.15, -0.1) is 0 Å². The molecule has 4 aliphatic carbocycles. The lowest BCUT2D eigenvalue weighted by atomic mass is 9.70. The van der Waals surface area contributed by atoms with Crippen LogP contribution in [0.2, 0.25) is 0 Å². The van der Waals surface area contributed by atoms with Crippen molar-refractivity contribution in [2.24, 2.45) is 0 Å². The van der Waals surface area contributed by atoms with Crippen LogP contribution in [-0.4, -0.2) is 0 Å². The minimum Gasteiger partial charge on any atom is -0.310 e. The van der Waals surface area contributed by atoms with E-state index in [2.05, 4.69) is 281 Å². The van der Waals surface area contributed by atoms with Crippen LogP contribution < -0.4 is 4.90 Å². The summed E-state index contributed by atoms with van der Waals surface area (Å²) in [7, 11) is 0. The molecule has 1 spiro atoms. The Morgan fingerprint density at radius 3 is 1.20 bits per heavy atom. The molecule has 0 unspecified atom stereocenters. The lowest BCUT2D eigenvalue weighted by molar-refractivity contribution is 0.660. The zero-order valence-electron chi connectivity index (χ0n) is 42.1. The molecular formula is C73H53N. The Morgan fingerprint density at radius 2 is 0.608 bits per heavy atom. The highest BCUT2D eigenvalue weighted by molar-refractivity contribution is 6.00. The van der Waals surface area contributed by atoms with Crippen LogP contribution in [0.3, 0.4) is 0 Å². The third kappa shape index (κ3) is 5.81. The maximum atomic E-state index is 2.46. The van der Waals surface area contributed by atoms with E-state index in [0.717, 1.165) is 17.1 Å². The first-order valence-corrected chi connectivity index (χ1v) is 26.2. The second-order valence-corrected chi connectivity index (χ2v) is 21.9. The normalized spacial score (nSPS) is 14.8. The van der Waals surface area contributed by atoms with Crippen LogP contribution in [0, 0.1) is 0 Å². The maximum absolute atomic E-state index is 2.46. The average molecular weight is 944 g/mol. The first kappa shape index (κ1) is 42.9. The van der Waals surface area contributed by atoms with Crippen molar-refractivity contribution >= 4 is 17.1 Å². The first-order valence-electron chi connectivity index (χ1n) is 26.2. The molecule has 0 amide bonds. The van der Waals surface area contributed by atoms with Crippen LogP contribution in [0.4, 0.5) is 17.1 Å². The zero-order valence-corrected chi connectivity index (χ0v) is 42.1. The molecule has 0 N–H and O–H groups in total. The fourth-order valence-electron chi connectivity index (χ4n) is 14.1. The van der Waals surface area contributed by atoms with Crippen LogP contribution in [0.15, 0.2) is 249 Å². The molecule has 0 atom stereocenters. The van der Waals surface area contributed by atoms with Crippen molar-refractivity contribution in [2.75, 3.05) is 4.90 Å². The molecule has 15 rings (SSSR count). The van der Waals surface area contributed by atoms with Gasteiger partial charge >= 0.3 is 0 Å². The number of hydrogen-bond acceptors (Lipinski definition) is 1. The summed E-state index contributed by atoms with van der Waals surface area (Å²) in [5.41, 5.74) is 31.7. The number of fused-ring (bicyclic) bond motifs is 16. The smallest absolute Gasteiger partial charge is 0.0725 e. The molecule has 0 fully saturated rings. The van der Waals surface area contributed by atoms with Crippen molar-refractivity contribution in [1.29, 1.82) is 0 Å². The van der Waals surface area contributed by atoms with Crippen LogP contribution >= 0.6 is 0 Å². The van der Waals surface area contributed by atoms with Gasteiger partial charge in [-0.25, -0.2) is 0 Å². The van der Waals surface area contributed by atoms with Crippen molar-refractivity contribution in [3.8, 4) is 77.9 Å². The number of benzene rings is 11. The van der Waals surface area contributed by atoms with Gasteiger partial charge in [0.15, 0.2) is 0 Å². The number of nitrogens with zero attached hydrogens (tertiary/aromatic N) is 1. The van der Waals surface area contributed by atoms with E-state index in [4.69, 9.17) is 0 Å². The number of rotatable bonds is 6. The minimum absolute atomic E-state index is 0.0626. The van der Waals surface area contributed by atoms with E-state index in [1.807, 2.05) is 0 Å². The van der Waals surface area contributed by atoms with Crippen LogP contribution in [0.5, 0.6) is 0 Å².